The molecule has 5 nitrogen and oxygen atoms in total. The Hall–Kier alpha value is -1.63. The number of carbonyl (C=O) groups excluding carboxylic acids is 1. The molecular formula is C13H17FN2O3S. The van der Waals surface area contributed by atoms with E-state index < -0.39 is 9.84 Å². The summed E-state index contributed by atoms with van der Waals surface area (Å²) in [6.07, 6.45) is 0.430. The molecule has 1 fully saturated rings. The van der Waals surface area contributed by atoms with Gasteiger partial charge in [-0.3, -0.25) is 0 Å². The first kappa shape index (κ1) is 14.8. The van der Waals surface area contributed by atoms with E-state index >= 15 is 0 Å². The van der Waals surface area contributed by atoms with Crippen LogP contribution in [-0.2, 0) is 9.84 Å². The number of sulfone groups is 1. The summed E-state index contributed by atoms with van der Waals surface area (Å²) in [6, 6.07) is 4.94. The predicted molar refractivity (Wildman–Crippen MR) is 74.9 cm³/mol. The zero-order chi connectivity index (χ0) is 14.8. The molecule has 0 radical (unpaired) electrons. The second kappa shape index (κ2) is 5.78. The van der Waals surface area contributed by atoms with Crippen LogP contribution in [-0.4, -0.2) is 43.4 Å². The first-order chi connectivity index (χ1) is 9.37. The van der Waals surface area contributed by atoms with Gasteiger partial charge in [0.2, 0.25) is 0 Å². The Balaban J connectivity index is 2.06. The average molecular weight is 300 g/mol. The Morgan fingerprint density at radius 1 is 1.30 bits per heavy atom. The van der Waals surface area contributed by atoms with E-state index in [4.69, 9.17) is 0 Å². The van der Waals surface area contributed by atoms with Crippen molar-refractivity contribution < 1.29 is 17.6 Å². The maximum atomic E-state index is 12.8. The summed E-state index contributed by atoms with van der Waals surface area (Å²) < 4.78 is 36.0. The van der Waals surface area contributed by atoms with Crippen molar-refractivity contribution in [3.63, 3.8) is 0 Å². The highest BCUT2D eigenvalue weighted by atomic mass is 32.2. The molecule has 0 aliphatic carbocycles. The van der Waals surface area contributed by atoms with Crippen LogP contribution in [0.3, 0.4) is 0 Å². The number of hydrogen-bond acceptors (Lipinski definition) is 3. The number of nitrogens with one attached hydrogen (secondary N) is 1. The summed E-state index contributed by atoms with van der Waals surface area (Å²) in [5.74, 6) is -0.292. The topological polar surface area (TPSA) is 66.5 Å². The molecule has 0 saturated carbocycles. The molecule has 1 aliphatic heterocycles. The zero-order valence-corrected chi connectivity index (χ0v) is 12.0. The van der Waals surface area contributed by atoms with Gasteiger partial charge in [-0.1, -0.05) is 0 Å². The van der Waals surface area contributed by atoms with Crippen LogP contribution in [0.15, 0.2) is 24.3 Å². The summed E-state index contributed by atoms with van der Waals surface area (Å²) in [6.45, 7) is 2.00. The lowest BCUT2D eigenvalue weighted by atomic mass is 10.2. The van der Waals surface area contributed by atoms with Crippen molar-refractivity contribution in [1.29, 1.82) is 0 Å². The van der Waals surface area contributed by atoms with Crippen molar-refractivity contribution in [2.45, 2.75) is 19.4 Å². The Morgan fingerprint density at radius 2 is 1.95 bits per heavy atom. The predicted octanol–water partition coefficient (Wildman–Crippen LogP) is 1.87. The third kappa shape index (κ3) is 3.69. The molecule has 1 unspecified atom stereocenters. The number of amides is 2. The summed E-state index contributed by atoms with van der Waals surface area (Å²) >= 11 is 0. The molecule has 0 aromatic heterocycles. The van der Waals surface area contributed by atoms with E-state index in [1.54, 1.807) is 0 Å². The van der Waals surface area contributed by atoms with E-state index in [1.807, 2.05) is 6.92 Å². The smallest absolute Gasteiger partial charge is 0.321 e. The van der Waals surface area contributed by atoms with Gasteiger partial charge in [0.15, 0.2) is 9.84 Å². The van der Waals surface area contributed by atoms with E-state index in [0.29, 0.717) is 12.1 Å². The molecule has 1 aliphatic rings. The normalized spacial score (nSPS) is 22.1. The third-order valence-corrected chi connectivity index (χ3v) is 5.04. The molecule has 2 rings (SSSR count). The van der Waals surface area contributed by atoms with Gasteiger partial charge in [0, 0.05) is 18.3 Å². The van der Waals surface area contributed by atoms with Gasteiger partial charge >= 0.3 is 6.03 Å². The Morgan fingerprint density at radius 3 is 2.60 bits per heavy atom. The van der Waals surface area contributed by atoms with Crippen LogP contribution >= 0.6 is 0 Å². The Kier molecular flexibility index (Phi) is 4.27. The van der Waals surface area contributed by atoms with Gasteiger partial charge in [0.05, 0.1) is 11.5 Å². The molecule has 110 valence electrons. The number of hydrogen-bond donors (Lipinski definition) is 1. The molecule has 1 aromatic carbocycles. The van der Waals surface area contributed by atoms with Crippen LogP contribution in [0, 0.1) is 5.82 Å². The molecule has 0 bridgehead atoms. The van der Waals surface area contributed by atoms with Crippen molar-refractivity contribution in [1.82, 2.24) is 4.90 Å². The van der Waals surface area contributed by atoms with Crippen LogP contribution in [0.25, 0.3) is 0 Å². The molecule has 1 heterocycles. The standard InChI is InChI=1S/C13H17FN2O3S/c1-10-6-8-20(18,19)9-7-16(10)13(17)15-12-4-2-11(14)3-5-12/h2-5,10H,6-9H2,1H3,(H,15,17). The van der Waals surface area contributed by atoms with E-state index in [9.17, 15) is 17.6 Å². The number of urea groups is 1. The molecule has 1 atom stereocenters. The van der Waals surface area contributed by atoms with Crippen molar-refractivity contribution >= 4 is 21.6 Å². The van der Waals surface area contributed by atoms with Crippen LogP contribution in [0.5, 0.6) is 0 Å². The van der Waals surface area contributed by atoms with E-state index in [1.165, 1.54) is 29.2 Å². The Labute approximate surface area is 117 Å². The monoisotopic (exact) mass is 300 g/mol. The second-order valence-electron chi connectivity index (χ2n) is 4.92. The maximum absolute atomic E-state index is 12.8. The molecule has 1 saturated heterocycles. The fourth-order valence-electron chi connectivity index (χ4n) is 2.10. The van der Waals surface area contributed by atoms with E-state index in [2.05, 4.69) is 5.32 Å². The molecule has 7 heteroatoms. The minimum absolute atomic E-state index is 0.0197. The van der Waals surface area contributed by atoms with Gasteiger partial charge in [0.25, 0.3) is 0 Å². The zero-order valence-electron chi connectivity index (χ0n) is 11.2. The van der Waals surface area contributed by atoms with E-state index in [-0.39, 0.29) is 35.9 Å². The number of anilines is 1. The highest BCUT2D eigenvalue weighted by molar-refractivity contribution is 7.91. The van der Waals surface area contributed by atoms with Gasteiger partial charge in [-0.05, 0) is 37.6 Å². The SMILES string of the molecule is CC1CCS(=O)(=O)CCN1C(=O)Nc1ccc(F)cc1. The van der Waals surface area contributed by atoms with Gasteiger partial charge in [0.1, 0.15) is 5.82 Å². The van der Waals surface area contributed by atoms with Crippen molar-refractivity contribution in [2.24, 2.45) is 0 Å². The van der Waals surface area contributed by atoms with Gasteiger partial charge < -0.3 is 10.2 Å². The minimum atomic E-state index is -3.07. The number of benzene rings is 1. The molecule has 2 amide bonds. The number of halogens is 1. The first-order valence-electron chi connectivity index (χ1n) is 6.41. The van der Waals surface area contributed by atoms with Crippen molar-refractivity contribution in [2.75, 3.05) is 23.4 Å². The summed E-state index contributed by atoms with van der Waals surface area (Å²) in [7, 11) is -3.07. The van der Waals surface area contributed by atoms with Crippen molar-refractivity contribution in [3.05, 3.63) is 30.1 Å². The van der Waals surface area contributed by atoms with Crippen LogP contribution in [0.4, 0.5) is 14.9 Å². The number of nitrogens with zero attached hydrogens (tertiary/aromatic N) is 1. The maximum Gasteiger partial charge on any atom is 0.322 e. The minimum Gasteiger partial charge on any atom is -0.321 e. The Bertz CT molecular complexity index is 586. The lowest BCUT2D eigenvalue weighted by molar-refractivity contribution is 0.197. The fraction of sp³-hybridized carbons (Fsp3) is 0.462. The third-order valence-electron chi connectivity index (χ3n) is 3.38. The molecule has 20 heavy (non-hydrogen) atoms. The second-order valence-corrected chi connectivity index (χ2v) is 7.22. The fourth-order valence-corrected chi connectivity index (χ4v) is 3.48. The molecule has 0 spiro atoms. The highest BCUT2D eigenvalue weighted by Crippen LogP contribution is 2.15. The number of carbonyl (C=O) groups is 1. The van der Waals surface area contributed by atoms with E-state index in [0.717, 1.165) is 0 Å². The summed E-state index contributed by atoms with van der Waals surface area (Å²) in [5, 5.41) is 2.65. The molecular weight excluding hydrogens is 283 g/mol. The van der Waals surface area contributed by atoms with Gasteiger partial charge in [-0.2, -0.15) is 0 Å². The molecule has 1 N–H and O–H groups in total. The largest absolute Gasteiger partial charge is 0.322 e. The van der Waals surface area contributed by atoms with Crippen molar-refractivity contribution in [3.8, 4) is 0 Å². The first-order valence-corrected chi connectivity index (χ1v) is 8.23. The quantitative estimate of drug-likeness (QED) is 0.861. The summed E-state index contributed by atoms with van der Waals surface area (Å²) in [4.78, 5) is 13.7. The lowest BCUT2D eigenvalue weighted by Crippen LogP contribution is -2.42. The highest BCUT2D eigenvalue weighted by Gasteiger charge is 2.27. The van der Waals surface area contributed by atoms with Gasteiger partial charge in [-0.15, -0.1) is 0 Å². The van der Waals surface area contributed by atoms with Gasteiger partial charge in [-0.25, -0.2) is 17.6 Å². The van der Waals surface area contributed by atoms with Crippen LogP contribution in [0.1, 0.15) is 13.3 Å². The average Bonchev–Trinajstić information content (AvgIpc) is 2.52. The van der Waals surface area contributed by atoms with Crippen LogP contribution in [0.2, 0.25) is 0 Å². The lowest BCUT2D eigenvalue weighted by Gasteiger charge is -2.26. The number of rotatable bonds is 1. The molecule has 1 aromatic rings. The summed E-state index contributed by atoms with van der Waals surface area (Å²) in [5.41, 5.74) is 0.482. The van der Waals surface area contributed by atoms with Crippen LogP contribution < -0.4 is 5.32 Å².